The fraction of sp³-hybridized carbons (Fsp3) is 0.429. The maximum absolute atomic E-state index is 11.5. The molecule has 19 heavy (non-hydrogen) atoms. The highest BCUT2D eigenvalue weighted by atomic mass is 16.7. The van der Waals surface area contributed by atoms with Crippen molar-refractivity contribution >= 4 is 11.9 Å². The third-order valence-corrected chi connectivity index (χ3v) is 2.82. The molecule has 1 saturated heterocycles. The van der Waals surface area contributed by atoms with Crippen LogP contribution in [-0.2, 0) is 25.8 Å². The summed E-state index contributed by atoms with van der Waals surface area (Å²) in [6.45, 7) is 1.05. The van der Waals surface area contributed by atoms with Crippen molar-refractivity contribution < 1.29 is 19.2 Å². The molecule has 102 valence electrons. The Kier molecular flexibility index (Phi) is 4.92. The summed E-state index contributed by atoms with van der Waals surface area (Å²) in [7, 11) is 0. The first-order valence-electron chi connectivity index (χ1n) is 6.38. The quantitative estimate of drug-likeness (QED) is 0.758. The zero-order chi connectivity index (χ0) is 13.5. The van der Waals surface area contributed by atoms with E-state index in [0.29, 0.717) is 13.0 Å². The normalized spacial score (nSPS) is 15.4. The third-order valence-electron chi connectivity index (χ3n) is 2.82. The number of hydrogen-bond donors (Lipinski definition) is 0. The second kappa shape index (κ2) is 6.89. The smallest absolute Gasteiger partial charge is 0.308 e. The predicted molar refractivity (Wildman–Crippen MR) is 67.8 cm³/mol. The molecule has 0 spiro atoms. The number of amides is 1. The van der Waals surface area contributed by atoms with Crippen molar-refractivity contribution in [3.05, 3.63) is 35.9 Å². The van der Waals surface area contributed by atoms with Crippen LogP contribution in [0.4, 0.5) is 0 Å². The van der Waals surface area contributed by atoms with Crippen LogP contribution < -0.4 is 0 Å². The van der Waals surface area contributed by atoms with E-state index in [2.05, 4.69) is 0 Å². The molecule has 0 radical (unpaired) electrons. The molecule has 1 heterocycles. The molecule has 2 rings (SSSR count). The Morgan fingerprint density at radius 3 is 2.84 bits per heavy atom. The molecule has 0 bridgehead atoms. The van der Waals surface area contributed by atoms with Gasteiger partial charge in [-0.15, -0.1) is 0 Å². The molecule has 5 heteroatoms. The van der Waals surface area contributed by atoms with Gasteiger partial charge in [0.1, 0.15) is 6.61 Å². The number of carbonyl (C=O) groups is 2. The number of nitrogens with zero attached hydrogens (tertiary/aromatic N) is 1. The molecular formula is C14H17NO4. The minimum absolute atomic E-state index is 0.0675. The molecule has 1 aromatic carbocycles. The Morgan fingerprint density at radius 2 is 2.11 bits per heavy atom. The van der Waals surface area contributed by atoms with Crippen molar-refractivity contribution in [3.63, 3.8) is 0 Å². The van der Waals surface area contributed by atoms with E-state index >= 15 is 0 Å². The molecule has 0 atom stereocenters. The van der Waals surface area contributed by atoms with Crippen molar-refractivity contribution in [1.82, 2.24) is 5.06 Å². The van der Waals surface area contributed by atoms with Crippen molar-refractivity contribution in [2.45, 2.75) is 25.9 Å². The molecular weight excluding hydrogens is 246 g/mol. The lowest BCUT2D eigenvalue weighted by Gasteiger charge is -2.25. The molecule has 1 aromatic rings. The number of carbonyl (C=O) groups excluding carboxylic acids is 2. The third kappa shape index (κ3) is 4.37. The van der Waals surface area contributed by atoms with Gasteiger partial charge in [0.05, 0.1) is 19.6 Å². The molecule has 0 aliphatic carbocycles. The molecule has 0 aromatic heterocycles. The van der Waals surface area contributed by atoms with Crippen LogP contribution in [0.15, 0.2) is 30.3 Å². The summed E-state index contributed by atoms with van der Waals surface area (Å²) in [6.07, 6.45) is 1.38. The summed E-state index contributed by atoms with van der Waals surface area (Å²) in [6, 6.07) is 9.48. The average molecular weight is 263 g/mol. The highest BCUT2D eigenvalue weighted by molar-refractivity contribution is 5.76. The van der Waals surface area contributed by atoms with E-state index in [-0.39, 0.29) is 31.4 Å². The SMILES string of the molecule is O=C(CCN1OCCCC1=O)OCc1ccccc1. The minimum Gasteiger partial charge on any atom is -0.461 e. The van der Waals surface area contributed by atoms with Crippen LogP contribution in [-0.4, -0.2) is 30.1 Å². The summed E-state index contributed by atoms with van der Waals surface area (Å²) < 4.78 is 5.12. The number of hydrogen-bond acceptors (Lipinski definition) is 4. The highest BCUT2D eigenvalue weighted by Crippen LogP contribution is 2.09. The summed E-state index contributed by atoms with van der Waals surface area (Å²) in [5.41, 5.74) is 0.946. The molecule has 5 nitrogen and oxygen atoms in total. The average Bonchev–Trinajstić information content (AvgIpc) is 2.45. The van der Waals surface area contributed by atoms with E-state index in [1.807, 2.05) is 30.3 Å². The van der Waals surface area contributed by atoms with E-state index in [0.717, 1.165) is 12.0 Å². The maximum atomic E-state index is 11.5. The number of ether oxygens (including phenoxy) is 1. The zero-order valence-corrected chi connectivity index (χ0v) is 10.7. The molecule has 1 aliphatic rings. The van der Waals surface area contributed by atoms with Crippen LogP contribution in [0.1, 0.15) is 24.8 Å². The van der Waals surface area contributed by atoms with Crippen LogP contribution in [0, 0.1) is 0 Å². The van der Waals surface area contributed by atoms with Crippen LogP contribution in [0.3, 0.4) is 0 Å². The van der Waals surface area contributed by atoms with E-state index in [1.165, 1.54) is 5.06 Å². The van der Waals surface area contributed by atoms with Gasteiger partial charge in [-0.1, -0.05) is 30.3 Å². The lowest BCUT2D eigenvalue weighted by molar-refractivity contribution is -0.199. The summed E-state index contributed by atoms with van der Waals surface area (Å²) in [4.78, 5) is 28.2. The van der Waals surface area contributed by atoms with E-state index < -0.39 is 0 Å². The lowest BCUT2D eigenvalue weighted by atomic mass is 10.2. The fourth-order valence-corrected chi connectivity index (χ4v) is 1.79. The number of esters is 1. The molecule has 0 N–H and O–H groups in total. The number of hydroxylamine groups is 2. The Bertz CT molecular complexity index is 432. The fourth-order valence-electron chi connectivity index (χ4n) is 1.79. The van der Waals surface area contributed by atoms with Crippen molar-refractivity contribution in [2.24, 2.45) is 0 Å². The molecule has 1 aliphatic heterocycles. The van der Waals surface area contributed by atoms with Crippen molar-refractivity contribution in [3.8, 4) is 0 Å². The van der Waals surface area contributed by atoms with Gasteiger partial charge in [-0.3, -0.25) is 14.4 Å². The Labute approximate surface area is 112 Å². The first-order valence-corrected chi connectivity index (χ1v) is 6.38. The first kappa shape index (κ1) is 13.5. The van der Waals surface area contributed by atoms with E-state index in [9.17, 15) is 9.59 Å². The van der Waals surface area contributed by atoms with Gasteiger partial charge in [0.25, 0.3) is 0 Å². The zero-order valence-electron chi connectivity index (χ0n) is 10.7. The highest BCUT2D eigenvalue weighted by Gasteiger charge is 2.20. The van der Waals surface area contributed by atoms with Gasteiger partial charge in [0.15, 0.2) is 0 Å². The summed E-state index contributed by atoms with van der Waals surface area (Å²) >= 11 is 0. The minimum atomic E-state index is -0.328. The topological polar surface area (TPSA) is 55.8 Å². The van der Waals surface area contributed by atoms with Gasteiger partial charge in [-0.2, -0.15) is 0 Å². The molecule has 0 unspecified atom stereocenters. The standard InChI is InChI=1S/C14H17NO4/c16-13-7-4-10-19-15(13)9-8-14(17)18-11-12-5-2-1-3-6-12/h1-3,5-6H,4,7-11H2. The monoisotopic (exact) mass is 263 g/mol. The van der Waals surface area contributed by atoms with Gasteiger partial charge in [0, 0.05) is 6.42 Å². The Morgan fingerprint density at radius 1 is 1.32 bits per heavy atom. The van der Waals surface area contributed by atoms with E-state index in [4.69, 9.17) is 9.57 Å². The number of rotatable bonds is 5. The van der Waals surface area contributed by atoms with Crippen LogP contribution in [0.25, 0.3) is 0 Å². The summed E-state index contributed by atoms with van der Waals surface area (Å²) in [5.74, 6) is -0.395. The molecule has 0 saturated carbocycles. The van der Waals surface area contributed by atoms with Gasteiger partial charge in [-0.05, 0) is 12.0 Å². The van der Waals surface area contributed by atoms with Gasteiger partial charge >= 0.3 is 5.97 Å². The van der Waals surface area contributed by atoms with Crippen LogP contribution >= 0.6 is 0 Å². The first-order chi connectivity index (χ1) is 9.25. The largest absolute Gasteiger partial charge is 0.461 e. The van der Waals surface area contributed by atoms with Crippen LogP contribution in [0.5, 0.6) is 0 Å². The van der Waals surface area contributed by atoms with Crippen LogP contribution in [0.2, 0.25) is 0 Å². The second-order valence-corrected chi connectivity index (χ2v) is 4.33. The van der Waals surface area contributed by atoms with Gasteiger partial charge < -0.3 is 4.74 Å². The molecule has 1 fully saturated rings. The van der Waals surface area contributed by atoms with Gasteiger partial charge in [0.2, 0.25) is 5.91 Å². The van der Waals surface area contributed by atoms with Crippen molar-refractivity contribution in [1.29, 1.82) is 0 Å². The van der Waals surface area contributed by atoms with Crippen molar-refractivity contribution in [2.75, 3.05) is 13.2 Å². The number of benzene rings is 1. The van der Waals surface area contributed by atoms with E-state index in [1.54, 1.807) is 0 Å². The Hall–Kier alpha value is -1.88. The summed E-state index contributed by atoms with van der Waals surface area (Å²) in [5, 5.41) is 1.26. The Balaban J connectivity index is 1.68. The maximum Gasteiger partial charge on any atom is 0.308 e. The predicted octanol–water partition coefficient (Wildman–Crippen LogP) is 1.67. The lowest BCUT2D eigenvalue weighted by Crippen LogP contribution is -2.37. The van der Waals surface area contributed by atoms with Gasteiger partial charge in [-0.25, -0.2) is 5.06 Å². The molecule has 1 amide bonds. The second-order valence-electron chi connectivity index (χ2n) is 4.33.